The van der Waals surface area contributed by atoms with E-state index in [2.05, 4.69) is 16.0 Å². The van der Waals surface area contributed by atoms with E-state index in [1.165, 1.54) is 4.90 Å². The molecular formula is C33H34N4O6. The minimum atomic E-state index is -1.19. The first kappa shape index (κ1) is 28.4. The molecular weight excluding hydrogens is 548 g/mol. The van der Waals surface area contributed by atoms with Crippen molar-refractivity contribution in [3.05, 3.63) is 77.9 Å². The van der Waals surface area contributed by atoms with Crippen molar-refractivity contribution in [1.29, 1.82) is 0 Å². The third kappa shape index (κ3) is 6.53. The number of hydrogen-bond acceptors (Lipinski definition) is 6. The molecule has 3 N–H and O–H groups in total. The lowest BCUT2D eigenvalue weighted by Gasteiger charge is -2.36. The quantitative estimate of drug-likeness (QED) is 0.313. The van der Waals surface area contributed by atoms with Gasteiger partial charge in [0.25, 0.3) is 11.8 Å². The largest absolute Gasteiger partial charge is 0.484 e. The summed E-state index contributed by atoms with van der Waals surface area (Å²) in [5, 5.41) is 10.2. The molecule has 0 spiro atoms. The summed E-state index contributed by atoms with van der Waals surface area (Å²) in [7, 11) is 0. The van der Waals surface area contributed by atoms with Gasteiger partial charge < -0.3 is 25.6 Å². The lowest BCUT2D eigenvalue weighted by atomic mass is 9.92. The Morgan fingerprint density at radius 3 is 2.42 bits per heavy atom. The predicted molar refractivity (Wildman–Crippen MR) is 158 cm³/mol. The average molecular weight is 583 g/mol. The number of ketones is 1. The fraction of sp³-hybridized carbons (Fsp3) is 0.364. The van der Waals surface area contributed by atoms with E-state index in [1.54, 1.807) is 6.07 Å². The smallest absolute Gasteiger partial charge is 0.289 e. The van der Waals surface area contributed by atoms with E-state index in [9.17, 15) is 24.0 Å². The van der Waals surface area contributed by atoms with Crippen LogP contribution in [0.25, 0.3) is 10.8 Å². The number of carbonyl (C=O) groups is 5. The Morgan fingerprint density at radius 2 is 1.67 bits per heavy atom. The van der Waals surface area contributed by atoms with Crippen LogP contribution in [0.3, 0.4) is 0 Å². The van der Waals surface area contributed by atoms with Gasteiger partial charge in [0.05, 0.1) is 6.04 Å². The SMILES string of the molecule is O=C(NC1CC1)C(=O)[C@H](C[C@@H]1CCNC1=O)NC(=O)[C@@H]1Cc2ccccc2CN1C(=O)COc1ccc2ccccc2c1. The maximum atomic E-state index is 13.8. The van der Waals surface area contributed by atoms with Gasteiger partial charge in [-0.05, 0) is 59.7 Å². The summed E-state index contributed by atoms with van der Waals surface area (Å²) >= 11 is 0. The lowest BCUT2D eigenvalue weighted by molar-refractivity contribution is -0.145. The van der Waals surface area contributed by atoms with Gasteiger partial charge in [-0.2, -0.15) is 0 Å². The molecule has 1 saturated heterocycles. The molecule has 2 heterocycles. The number of benzene rings is 3. The predicted octanol–water partition coefficient (Wildman–Crippen LogP) is 2.03. The van der Waals surface area contributed by atoms with Crippen molar-refractivity contribution >= 4 is 40.2 Å². The third-order valence-electron chi connectivity index (χ3n) is 8.41. The van der Waals surface area contributed by atoms with E-state index in [0.29, 0.717) is 18.7 Å². The van der Waals surface area contributed by atoms with Gasteiger partial charge in [0, 0.05) is 31.5 Å². The van der Waals surface area contributed by atoms with Crippen LogP contribution in [0.4, 0.5) is 0 Å². The molecule has 10 nitrogen and oxygen atoms in total. The van der Waals surface area contributed by atoms with Gasteiger partial charge in [-0.1, -0.05) is 54.6 Å². The number of rotatable bonds is 10. The topological polar surface area (TPSA) is 134 Å². The highest BCUT2D eigenvalue weighted by Gasteiger charge is 2.40. The summed E-state index contributed by atoms with van der Waals surface area (Å²) < 4.78 is 5.86. The highest BCUT2D eigenvalue weighted by molar-refractivity contribution is 6.38. The van der Waals surface area contributed by atoms with Gasteiger partial charge in [-0.25, -0.2) is 0 Å². The molecule has 3 aliphatic rings. The first-order chi connectivity index (χ1) is 20.9. The normalized spacial score (nSPS) is 20.1. The van der Waals surface area contributed by atoms with Crippen LogP contribution in [-0.2, 0) is 36.9 Å². The number of Topliss-reactive ketones (excluding diaryl/α,β-unsaturated/α-hetero) is 1. The molecule has 10 heteroatoms. The monoisotopic (exact) mass is 582 g/mol. The summed E-state index contributed by atoms with van der Waals surface area (Å²) in [6.45, 7) is 0.393. The van der Waals surface area contributed by atoms with Crippen LogP contribution >= 0.6 is 0 Å². The molecule has 3 atom stereocenters. The second kappa shape index (κ2) is 12.2. The Bertz CT molecular complexity index is 1580. The molecule has 0 bridgehead atoms. The van der Waals surface area contributed by atoms with E-state index in [-0.39, 0.29) is 43.8 Å². The van der Waals surface area contributed by atoms with E-state index in [1.807, 2.05) is 60.7 Å². The molecule has 3 aromatic rings. The first-order valence-corrected chi connectivity index (χ1v) is 14.8. The van der Waals surface area contributed by atoms with Crippen LogP contribution in [-0.4, -0.2) is 65.6 Å². The molecule has 43 heavy (non-hydrogen) atoms. The molecule has 1 saturated carbocycles. The van der Waals surface area contributed by atoms with Crippen LogP contribution < -0.4 is 20.7 Å². The fourth-order valence-corrected chi connectivity index (χ4v) is 5.80. The minimum Gasteiger partial charge on any atom is -0.484 e. The number of carbonyl (C=O) groups excluding carboxylic acids is 5. The summed E-state index contributed by atoms with van der Waals surface area (Å²) in [5.74, 6) is -2.65. The summed E-state index contributed by atoms with van der Waals surface area (Å²) in [4.78, 5) is 67.1. The highest BCUT2D eigenvalue weighted by Crippen LogP contribution is 2.26. The van der Waals surface area contributed by atoms with Crippen molar-refractivity contribution in [3.8, 4) is 5.75 Å². The second-order valence-corrected chi connectivity index (χ2v) is 11.5. The number of ether oxygens (including phenoxy) is 1. The number of nitrogens with one attached hydrogen (secondary N) is 3. The van der Waals surface area contributed by atoms with E-state index < -0.39 is 35.6 Å². The van der Waals surface area contributed by atoms with E-state index in [4.69, 9.17) is 4.74 Å². The maximum Gasteiger partial charge on any atom is 0.289 e. The Morgan fingerprint density at radius 1 is 0.930 bits per heavy atom. The molecule has 222 valence electrons. The van der Waals surface area contributed by atoms with Gasteiger partial charge in [-0.15, -0.1) is 0 Å². The zero-order valence-electron chi connectivity index (χ0n) is 23.7. The van der Waals surface area contributed by atoms with Crippen LogP contribution in [0.5, 0.6) is 5.75 Å². The van der Waals surface area contributed by atoms with Gasteiger partial charge in [-0.3, -0.25) is 24.0 Å². The molecule has 0 unspecified atom stereocenters. The second-order valence-electron chi connectivity index (χ2n) is 11.5. The van der Waals surface area contributed by atoms with Crippen molar-refractivity contribution in [1.82, 2.24) is 20.9 Å². The maximum absolute atomic E-state index is 13.8. The molecule has 2 aliphatic heterocycles. The standard InChI is InChI=1S/C33H34N4O6/c38-29(19-43-26-12-9-20-5-1-2-6-21(20)15-26)37-18-24-8-4-3-7-22(24)17-28(37)32(41)36-27(16-23-13-14-34-31(23)40)30(39)33(42)35-25-10-11-25/h1-9,12,15,23,25,27-28H,10-11,13-14,16-19H2,(H,34,40)(H,35,42)(H,36,41)/t23-,27-,28-/m0/s1. The van der Waals surface area contributed by atoms with Crippen LogP contribution in [0, 0.1) is 5.92 Å². The Balaban J connectivity index is 1.20. The average Bonchev–Trinajstić information content (AvgIpc) is 3.76. The summed E-state index contributed by atoms with van der Waals surface area (Å²) in [5.41, 5.74) is 1.84. The third-order valence-corrected chi connectivity index (χ3v) is 8.41. The van der Waals surface area contributed by atoms with Gasteiger partial charge in [0.1, 0.15) is 11.8 Å². The zero-order chi connectivity index (χ0) is 29.9. The fourth-order valence-electron chi connectivity index (χ4n) is 5.80. The Hall–Kier alpha value is -4.73. The van der Waals surface area contributed by atoms with Gasteiger partial charge in [0.15, 0.2) is 6.61 Å². The van der Waals surface area contributed by atoms with Crippen LogP contribution in [0.15, 0.2) is 66.7 Å². The van der Waals surface area contributed by atoms with E-state index >= 15 is 0 Å². The molecule has 0 aromatic heterocycles. The van der Waals surface area contributed by atoms with Crippen molar-refractivity contribution in [3.63, 3.8) is 0 Å². The van der Waals surface area contributed by atoms with Gasteiger partial charge in [0.2, 0.25) is 17.6 Å². The van der Waals surface area contributed by atoms with Crippen LogP contribution in [0.1, 0.15) is 36.8 Å². The summed E-state index contributed by atoms with van der Waals surface area (Å²) in [6, 6.07) is 18.8. The van der Waals surface area contributed by atoms with Crippen molar-refractivity contribution in [2.45, 2.75) is 56.8 Å². The first-order valence-electron chi connectivity index (χ1n) is 14.8. The zero-order valence-corrected chi connectivity index (χ0v) is 23.7. The molecule has 3 aromatic carbocycles. The molecule has 2 fully saturated rings. The van der Waals surface area contributed by atoms with Crippen LogP contribution in [0.2, 0.25) is 0 Å². The van der Waals surface area contributed by atoms with Gasteiger partial charge >= 0.3 is 0 Å². The molecule has 1 aliphatic carbocycles. The minimum absolute atomic E-state index is 0.0107. The Labute approximate surface area is 249 Å². The Kier molecular flexibility index (Phi) is 8.09. The van der Waals surface area contributed by atoms with Crippen molar-refractivity contribution < 1.29 is 28.7 Å². The van der Waals surface area contributed by atoms with Crippen molar-refractivity contribution in [2.75, 3.05) is 13.2 Å². The number of hydrogen-bond donors (Lipinski definition) is 3. The van der Waals surface area contributed by atoms with Crippen molar-refractivity contribution in [2.24, 2.45) is 5.92 Å². The summed E-state index contributed by atoms with van der Waals surface area (Å²) in [6.07, 6.45) is 2.37. The number of nitrogens with zero attached hydrogens (tertiary/aromatic N) is 1. The number of fused-ring (bicyclic) bond motifs is 2. The van der Waals surface area contributed by atoms with E-state index in [0.717, 1.165) is 34.7 Å². The molecule has 6 rings (SSSR count). The molecule has 4 amide bonds. The highest BCUT2D eigenvalue weighted by atomic mass is 16.5. The number of amides is 4. The lowest BCUT2D eigenvalue weighted by Crippen LogP contribution is -2.57. The molecule has 0 radical (unpaired) electrons.